The molecule has 1 heterocycles. The number of hydrogen-bond acceptors (Lipinski definition) is 3. The van der Waals surface area contributed by atoms with Gasteiger partial charge in [0.05, 0.1) is 5.69 Å². The van der Waals surface area contributed by atoms with Crippen LogP contribution in [0.3, 0.4) is 0 Å². The zero-order valence-electron chi connectivity index (χ0n) is 11.8. The van der Waals surface area contributed by atoms with E-state index in [1.807, 2.05) is 19.2 Å². The monoisotopic (exact) mass is 286 g/mol. The third-order valence-electron chi connectivity index (χ3n) is 3.65. The van der Waals surface area contributed by atoms with Crippen molar-refractivity contribution < 1.29 is 4.79 Å². The first-order chi connectivity index (χ1) is 9.63. The fourth-order valence-corrected chi connectivity index (χ4v) is 3.17. The smallest absolute Gasteiger partial charge is 0.228 e. The average molecular weight is 286 g/mol. The lowest BCUT2D eigenvalue weighted by atomic mass is 10.1. The Hall–Kier alpha value is -1.68. The number of hydrogen-bond donors (Lipinski definition) is 1. The van der Waals surface area contributed by atoms with Crippen LogP contribution in [0, 0.1) is 5.92 Å². The van der Waals surface area contributed by atoms with Gasteiger partial charge in [0.2, 0.25) is 5.91 Å². The normalized spacial score (nSPS) is 13.6. The number of carbonyl (C=O) groups excluding carboxylic acids is 1. The molecule has 1 aliphatic carbocycles. The summed E-state index contributed by atoms with van der Waals surface area (Å²) in [7, 11) is 0. The Kier molecular flexibility index (Phi) is 3.57. The average Bonchev–Trinajstić information content (AvgIpc) is 3.05. The first-order valence-corrected chi connectivity index (χ1v) is 7.90. The molecule has 0 atom stereocenters. The van der Waals surface area contributed by atoms with Gasteiger partial charge >= 0.3 is 0 Å². The van der Waals surface area contributed by atoms with Gasteiger partial charge in [0, 0.05) is 16.9 Å². The fourth-order valence-electron chi connectivity index (χ4n) is 2.44. The standard InChI is InChI=1S/C16H18N2OS/c1-10(2)15(19)18-16-17-14(9-20-16)13-7-6-11-4-3-5-12(11)8-13/h6-10H,3-5H2,1-2H3,(H,17,18,19). The number of aryl methyl sites for hydroxylation is 2. The van der Waals surface area contributed by atoms with Crippen molar-refractivity contribution in [2.75, 3.05) is 5.32 Å². The largest absolute Gasteiger partial charge is 0.302 e. The van der Waals surface area contributed by atoms with Gasteiger partial charge in [-0.05, 0) is 36.5 Å². The van der Waals surface area contributed by atoms with E-state index in [2.05, 4.69) is 28.5 Å². The minimum atomic E-state index is -0.0256. The van der Waals surface area contributed by atoms with Crippen molar-refractivity contribution in [2.45, 2.75) is 33.1 Å². The molecule has 1 aromatic carbocycles. The van der Waals surface area contributed by atoms with Crippen LogP contribution in [0.2, 0.25) is 0 Å². The molecule has 1 N–H and O–H groups in total. The van der Waals surface area contributed by atoms with Crippen molar-refractivity contribution in [3.05, 3.63) is 34.7 Å². The molecular weight excluding hydrogens is 268 g/mol. The molecule has 1 aliphatic rings. The Morgan fingerprint density at radius 2 is 2.10 bits per heavy atom. The number of carbonyl (C=O) groups is 1. The zero-order valence-corrected chi connectivity index (χ0v) is 12.6. The Labute approximate surface area is 123 Å². The van der Waals surface area contributed by atoms with Crippen LogP contribution < -0.4 is 5.32 Å². The highest BCUT2D eigenvalue weighted by molar-refractivity contribution is 7.14. The summed E-state index contributed by atoms with van der Waals surface area (Å²) >= 11 is 1.48. The summed E-state index contributed by atoms with van der Waals surface area (Å²) in [4.78, 5) is 16.2. The Morgan fingerprint density at radius 1 is 1.30 bits per heavy atom. The molecular formula is C16H18N2OS. The second-order valence-corrected chi connectivity index (χ2v) is 6.38. The van der Waals surface area contributed by atoms with E-state index < -0.39 is 0 Å². The number of aromatic nitrogens is 1. The number of nitrogens with zero attached hydrogens (tertiary/aromatic N) is 1. The number of benzene rings is 1. The van der Waals surface area contributed by atoms with Crippen molar-refractivity contribution >= 4 is 22.4 Å². The first-order valence-electron chi connectivity index (χ1n) is 7.02. The minimum Gasteiger partial charge on any atom is -0.302 e. The van der Waals surface area contributed by atoms with Gasteiger partial charge in [0.15, 0.2) is 5.13 Å². The third-order valence-corrected chi connectivity index (χ3v) is 4.41. The van der Waals surface area contributed by atoms with Crippen LogP contribution in [-0.4, -0.2) is 10.9 Å². The molecule has 0 fully saturated rings. The molecule has 3 nitrogen and oxygen atoms in total. The molecule has 0 aliphatic heterocycles. The quantitative estimate of drug-likeness (QED) is 0.930. The predicted octanol–water partition coefficient (Wildman–Crippen LogP) is 3.89. The van der Waals surface area contributed by atoms with E-state index in [0.29, 0.717) is 5.13 Å². The topological polar surface area (TPSA) is 42.0 Å². The lowest BCUT2D eigenvalue weighted by molar-refractivity contribution is -0.118. The molecule has 0 spiro atoms. The van der Waals surface area contributed by atoms with Crippen LogP contribution in [0.1, 0.15) is 31.4 Å². The lowest BCUT2D eigenvalue weighted by Gasteiger charge is -2.04. The summed E-state index contributed by atoms with van der Waals surface area (Å²) in [6.07, 6.45) is 3.62. The third kappa shape index (κ3) is 2.61. The summed E-state index contributed by atoms with van der Waals surface area (Å²) < 4.78 is 0. The van der Waals surface area contributed by atoms with Crippen molar-refractivity contribution in [3.8, 4) is 11.3 Å². The van der Waals surface area contributed by atoms with Gasteiger partial charge in [-0.3, -0.25) is 4.79 Å². The van der Waals surface area contributed by atoms with E-state index >= 15 is 0 Å². The van der Waals surface area contributed by atoms with E-state index in [1.165, 1.54) is 41.7 Å². The van der Waals surface area contributed by atoms with Gasteiger partial charge in [-0.2, -0.15) is 0 Å². The summed E-state index contributed by atoms with van der Waals surface area (Å²) in [5.74, 6) is -0.0119. The van der Waals surface area contributed by atoms with E-state index in [9.17, 15) is 4.79 Å². The Bertz CT molecular complexity index is 646. The summed E-state index contributed by atoms with van der Waals surface area (Å²) in [5.41, 5.74) is 5.01. The molecule has 0 saturated carbocycles. The molecule has 3 rings (SSSR count). The van der Waals surface area contributed by atoms with Gasteiger partial charge in [-0.1, -0.05) is 26.0 Å². The van der Waals surface area contributed by atoms with Gasteiger partial charge in [0.1, 0.15) is 0 Å². The maximum atomic E-state index is 11.7. The van der Waals surface area contributed by atoms with Crippen LogP contribution in [0.4, 0.5) is 5.13 Å². The Balaban J connectivity index is 1.81. The van der Waals surface area contributed by atoms with Crippen LogP contribution in [0.15, 0.2) is 23.6 Å². The molecule has 0 saturated heterocycles. The molecule has 104 valence electrons. The second-order valence-electron chi connectivity index (χ2n) is 5.52. The molecule has 0 radical (unpaired) electrons. The molecule has 0 bridgehead atoms. The maximum Gasteiger partial charge on any atom is 0.228 e. The second kappa shape index (κ2) is 5.37. The van der Waals surface area contributed by atoms with Crippen molar-refractivity contribution in [1.29, 1.82) is 0 Å². The Morgan fingerprint density at radius 3 is 2.90 bits per heavy atom. The number of amides is 1. The highest BCUT2D eigenvalue weighted by atomic mass is 32.1. The highest BCUT2D eigenvalue weighted by Gasteiger charge is 2.14. The number of nitrogens with one attached hydrogen (secondary N) is 1. The fraction of sp³-hybridized carbons (Fsp3) is 0.375. The van der Waals surface area contributed by atoms with Gasteiger partial charge in [-0.15, -0.1) is 11.3 Å². The van der Waals surface area contributed by atoms with E-state index in [1.54, 1.807) is 0 Å². The SMILES string of the molecule is CC(C)C(=O)Nc1nc(-c2ccc3c(c2)CCC3)cs1. The predicted molar refractivity (Wildman–Crippen MR) is 83.0 cm³/mol. The first kappa shape index (κ1) is 13.3. The summed E-state index contributed by atoms with van der Waals surface area (Å²) in [6.45, 7) is 3.76. The molecule has 0 unspecified atom stereocenters. The molecule has 4 heteroatoms. The van der Waals surface area contributed by atoms with E-state index in [0.717, 1.165) is 11.3 Å². The van der Waals surface area contributed by atoms with E-state index in [-0.39, 0.29) is 11.8 Å². The number of anilines is 1. The zero-order chi connectivity index (χ0) is 14.1. The summed E-state index contributed by atoms with van der Waals surface area (Å²) in [5, 5.41) is 5.54. The minimum absolute atomic E-state index is 0.0138. The van der Waals surface area contributed by atoms with Crippen molar-refractivity contribution in [1.82, 2.24) is 4.98 Å². The number of thiazole rings is 1. The molecule has 20 heavy (non-hydrogen) atoms. The maximum absolute atomic E-state index is 11.7. The van der Waals surface area contributed by atoms with Gasteiger partial charge < -0.3 is 5.32 Å². The molecule has 1 aromatic heterocycles. The van der Waals surface area contributed by atoms with Gasteiger partial charge in [0.25, 0.3) is 0 Å². The summed E-state index contributed by atoms with van der Waals surface area (Å²) in [6, 6.07) is 6.59. The number of rotatable bonds is 3. The van der Waals surface area contributed by atoms with Crippen LogP contribution >= 0.6 is 11.3 Å². The van der Waals surface area contributed by atoms with Crippen LogP contribution in [0.5, 0.6) is 0 Å². The number of fused-ring (bicyclic) bond motifs is 1. The molecule has 1 amide bonds. The molecule has 2 aromatic rings. The van der Waals surface area contributed by atoms with Crippen molar-refractivity contribution in [3.63, 3.8) is 0 Å². The van der Waals surface area contributed by atoms with Crippen LogP contribution in [0.25, 0.3) is 11.3 Å². The van der Waals surface area contributed by atoms with Crippen molar-refractivity contribution in [2.24, 2.45) is 5.92 Å². The van der Waals surface area contributed by atoms with E-state index in [4.69, 9.17) is 0 Å². The lowest BCUT2D eigenvalue weighted by Crippen LogP contribution is -2.17. The highest BCUT2D eigenvalue weighted by Crippen LogP contribution is 2.30. The van der Waals surface area contributed by atoms with Gasteiger partial charge in [-0.25, -0.2) is 4.98 Å². The van der Waals surface area contributed by atoms with Crippen LogP contribution in [-0.2, 0) is 17.6 Å².